The van der Waals surface area contributed by atoms with Crippen LogP contribution in [-0.2, 0) is 0 Å². The fourth-order valence-corrected chi connectivity index (χ4v) is 2.99. The number of carbonyl (C=O) groups is 1. The first kappa shape index (κ1) is 11.7. The minimum Gasteiger partial charge on any atom is -0.333 e. The Bertz CT molecular complexity index is 259. The molecule has 0 aromatic carbocycles. The molecule has 3 heteroatoms. The normalized spacial score (nSPS) is 29.1. The van der Waals surface area contributed by atoms with Crippen molar-refractivity contribution >= 4 is 6.03 Å². The number of amides is 2. The number of nitrogens with one attached hydrogen (secondary N) is 1. The maximum Gasteiger partial charge on any atom is 0.317 e. The molecule has 1 aliphatic heterocycles. The number of urea groups is 1. The van der Waals surface area contributed by atoms with E-state index in [9.17, 15) is 4.79 Å². The Balaban J connectivity index is 1.87. The van der Waals surface area contributed by atoms with E-state index in [1.807, 2.05) is 4.90 Å². The quantitative estimate of drug-likeness (QED) is 0.730. The number of hydrogen-bond donors (Lipinski definition) is 1. The van der Waals surface area contributed by atoms with Crippen LogP contribution in [0.3, 0.4) is 0 Å². The maximum absolute atomic E-state index is 12.1. The molecular formula is C13H24N2O. The van der Waals surface area contributed by atoms with Crippen molar-refractivity contribution in [3.63, 3.8) is 0 Å². The lowest BCUT2D eigenvalue weighted by Crippen LogP contribution is -2.52. The Morgan fingerprint density at radius 2 is 2.00 bits per heavy atom. The van der Waals surface area contributed by atoms with E-state index in [2.05, 4.69) is 19.2 Å². The standard InChI is InChI=1S/C13H24N2O/c1-11-6-5-9-15(10-11)12(16)14-13(2)7-3-4-8-13/h11H,3-10H2,1-2H3,(H,14,16). The van der Waals surface area contributed by atoms with Crippen LogP contribution in [0, 0.1) is 5.92 Å². The molecule has 1 heterocycles. The molecule has 2 rings (SSSR count). The second-order valence-electron chi connectivity index (χ2n) is 5.89. The maximum atomic E-state index is 12.1. The van der Waals surface area contributed by atoms with Crippen molar-refractivity contribution in [2.24, 2.45) is 5.92 Å². The summed E-state index contributed by atoms with van der Waals surface area (Å²) in [5.74, 6) is 0.663. The molecule has 1 N–H and O–H groups in total. The van der Waals surface area contributed by atoms with Gasteiger partial charge in [0.1, 0.15) is 0 Å². The van der Waals surface area contributed by atoms with Gasteiger partial charge in [-0.3, -0.25) is 0 Å². The molecule has 0 spiro atoms. The summed E-state index contributed by atoms with van der Waals surface area (Å²) in [5.41, 5.74) is 0.0672. The van der Waals surface area contributed by atoms with Crippen LogP contribution in [0.5, 0.6) is 0 Å². The molecule has 2 amide bonds. The van der Waals surface area contributed by atoms with Gasteiger partial charge in [0.25, 0.3) is 0 Å². The van der Waals surface area contributed by atoms with Gasteiger partial charge in [-0.25, -0.2) is 4.79 Å². The van der Waals surface area contributed by atoms with Crippen LogP contribution in [0.2, 0.25) is 0 Å². The van der Waals surface area contributed by atoms with Gasteiger partial charge in [-0.1, -0.05) is 19.8 Å². The van der Waals surface area contributed by atoms with E-state index in [0.717, 1.165) is 32.4 Å². The van der Waals surface area contributed by atoms with E-state index in [-0.39, 0.29) is 11.6 Å². The van der Waals surface area contributed by atoms with E-state index in [1.54, 1.807) is 0 Å². The van der Waals surface area contributed by atoms with Crippen LogP contribution in [0.25, 0.3) is 0 Å². The first-order valence-corrected chi connectivity index (χ1v) is 6.66. The average molecular weight is 224 g/mol. The van der Waals surface area contributed by atoms with Gasteiger partial charge in [0, 0.05) is 18.6 Å². The summed E-state index contributed by atoms with van der Waals surface area (Å²) in [6, 6.07) is 0.163. The Morgan fingerprint density at radius 1 is 1.31 bits per heavy atom. The molecule has 3 nitrogen and oxygen atoms in total. The Kier molecular flexibility index (Phi) is 3.41. The first-order chi connectivity index (χ1) is 7.59. The van der Waals surface area contributed by atoms with Crippen molar-refractivity contribution in [2.75, 3.05) is 13.1 Å². The highest BCUT2D eigenvalue weighted by atomic mass is 16.2. The largest absolute Gasteiger partial charge is 0.333 e. The van der Waals surface area contributed by atoms with Crippen molar-refractivity contribution in [1.29, 1.82) is 0 Å². The molecule has 0 aromatic rings. The zero-order valence-corrected chi connectivity index (χ0v) is 10.6. The summed E-state index contributed by atoms with van der Waals surface area (Å²) >= 11 is 0. The second kappa shape index (κ2) is 4.64. The lowest BCUT2D eigenvalue weighted by molar-refractivity contribution is 0.159. The zero-order valence-electron chi connectivity index (χ0n) is 10.6. The fraction of sp³-hybridized carbons (Fsp3) is 0.923. The average Bonchev–Trinajstić information content (AvgIpc) is 2.65. The van der Waals surface area contributed by atoms with Gasteiger partial charge in [-0.2, -0.15) is 0 Å². The lowest BCUT2D eigenvalue weighted by atomic mass is 9.99. The highest BCUT2D eigenvalue weighted by molar-refractivity contribution is 5.75. The van der Waals surface area contributed by atoms with Gasteiger partial charge in [-0.05, 0) is 38.5 Å². The van der Waals surface area contributed by atoms with E-state index in [0.29, 0.717) is 5.92 Å². The molecule has 0 aromatic heterocycles. The summed E-state index contributed by atoms with van der Waals surface area (Å²) in [6.45, 7) is 6.29. The second-order valence-corrected chi connectivity index (χ2v) is 5.89. The van der Waals surface area contributed by atoms with Crippen molar-refractivity contribution in [3.8, 4) is 0 Å². The summed E-state index contributed by atoms with van der Waals surface area (Å²) in [4.78, 5) is 14.1. The van der Waals surface area contributed by atoms with Crippen molar-refractivity contribution in [2.45, 2.75) is 57.9 Å². The third-order valence-corrected chi connectivity index (χ3v) is 4.06. The van der Waals surface area contributed by atoms with Crippen LogP contribution >= 0.6 is 0 Å². The van der Waals surface area contributed by atoms with Crippen LogP contribution in [0.15, 0.2) is 0 Å². The van der Waals surface area contributed by atoms with Gasteiger partial charge in [-0.15, -0.1) is 0 Å². The Morgan fingerprint density at radius 3 is 2.62 bits per heavy atom. The number of hydrogen-bond acceptors (Lipinski definition) is 1. The molecule has 0 bridgehead atoms. The number of rotatable bonds is 1. The number of nitrogens with zero attached hydrogens (tertiary/aromatic N) is 1. The van der Waals surface area contributed by atoms with Crippen LogP contribution in [0.1, 0.15) is 52.4 Å². The molecule has 1 atom stereocenters. The van der Waals surface area contributed by atoms with Crippen LogP contribution in [0.4, 0.5) is 4.79 Å². The predicted octanol–water partition coefficient (Wildman–Crippen LogP) is 2.76. The molecular weight excluding hydrogens is 200 g/mol. The minimum absolute atomic E-state index is 0.0672. The smallest absolute Gasteiger partial charge is 0.317 e. The number of likely N-dealkylation sites (tertiary alicyclic amines) is 1. The van der Waals surface area contributed by atoms with Crippen LogP contribution in [-0.4, -0.2) is 29.6 Å². The van der Waals surface area contributed by atoms with Gasteiger partial charge < -0.3 is 10.2 Å². The van der Waals surface area contributed by atoms with Gasteiger partial charge >= 0.3 is 6.03 Å². The van der Waals surface area contributed by atoms with E-state index in [4.69, 9.17) is 0 Å². The molecule has 2 fully saturated rings. The van der Waals surface area contributed by atoms with E-state index in [1.165, 1.54) is 19.3 Å². The third-order valence-electron chi connectivity index (χ3n) is 4.06. The first-order valence-electron chi connectivity index (χ1n) is 6.66. The van der Waals surface area contributed by atoms with Gasteiger partial charge in [0.15, 0.2) is 0 Å². The van der Waals surface area contributed by atoms with Crippen molar-refractivity contribution in [1.82, 2.24) is 10.2 Å². The molecule has 1 aliphatic carbocycles. The molecule has 2 aliphatic rings. The SMILES string of the molecule is CC1CCCN(C(=O)NC2(C)CCCC2)C1. The molecule has 1 saturated carbocycles. The van der Waals surface area contributed by atoms with E-state index < -0.39 is 0 Å². The number of carbonyl (C=O) groups excluding carboxylic acids is 1. The zero-order chi connectivity index (χ0) is 11.6. The van der Waals surface area contributed by atoms with Gasteiger partial charge in [0.05, 0.1) is 0 Å². The van der Waals surface area contributed by atoms with Crippen LogP contribution < -0.4 is 5.32 Å². The van der Waals surface area contributed by atoms with Gasteiger partial charge in [0.2, 0.25) is 0 Å². The summed E-state index contributed by atoms with van der Waals surface area (Å²) < 4.78 is 0. The Labute approximate surface area is 98.6 Å². The van der Waals surface area contributed by atoms with Crippen molar-refractivity contribution in [3.05, 3.63) is 0 Å². The third kappa shape index (κ3) is 2.69. The predicted molar refractivity (Wildman–Crippen MR) is 65.4 cm³/mol. The fourth-order valence-electron chi connectivity index (χ4n) is 2.99. The summed E-state index contributed by atoms with van der Waals surface area (Å²) in [5, 5.41) is 3.23. The molecule has 1 saturated heterocycles. The van der Waals surface area contributed by atoms with Crippen molar-refractivity contribution < 1.29 is 4.79 Å². The topological polar surface area (TPSA) is 32.3 Å². The molecule has 92 valence electrons. The molecule has 16 heavy (non-hydrogen) atoms. The summed E-state index contributed by atoms with van der Waals surface area (Å²) in [6.07, 6.45) is 7.22. The monoisotopic (exact) mass is 224 g/mol. The molecule has 1 unspecified atom stereocenters. The molecule has 0 radical (unpaired) electrons. The number of piperidine rings is 1. The van der Waals surface area contributed by atoms with E-state index >= 15 is 0 Å². The Hall–Kier alpha value is -0.730. The minimum atomic E-state index is 0.0672. The highest BCUT2D eigenvalue weighted by Crippen LogP contribution is 2.29. The summed E-state index contributed by atoms with van der Waals surface area (Å²) in [7, 11) is 0. The highest BCUT2D eigenvalue weighted by Gasteiger charge is 2.32. The lowest BCUT2D eigenvalue weighted by Gasteiger charge is -2.34.